The van der Waals surface area contributed by atoms with Gasteiger partial charge in [0.2, 0.25) is 5.91 Å². The number of amides is 1. The molecule has 0 saturated heterocycles. The van der Waals surface area contributed by atoms with Gasteiger partial charge in [0.05, 0.1) is 10.0 Å². The molecule has 0 saturated carbocycles. The first-order valence-electron chi connectivity index (χ1n) is 5.03. The molecular weight excluding hydrogens is 247 g/mol. The van der Waals surface area contributed by atoms with Gasteiger partial charge in [-0.3, -0.25) is 4.79 Å². The van der Waals surface area contributed by atoms with Gasteiger partial charge >= 0.3 is 0 Å². The van der Waals surface area contributed by atoms with Crippen molar-refractivity contribution in [3.8, 4) is 0 Å². The van der Waals surface area contributed by atoms with Crippen molar-refractivity contribution >= 4 is 34.8 Å². The van der Waals surface area contributed by atoms with Crippen LogP contribution >= 0.6 is 23.2 Å². The molecule has 0 fully saturated rings. The van der Waals surface area contributed by atoms with Crippen molar-refractivity contribution in [3.63, 3.8) is 0 Å². The summed E-state index contributed by atoms with van der Waals surface area (Å²) < 4.78 is 0. The van der Waals surface area contributed by atoms with Crippen molar-refractivity contribution in [1.82, 2.24) is 5.32 Å². The first-order chi connectivity index (χ1) is 7.63. The minimum Gasteiger partial charge on any atom is -0.326 e. The van der Waals surface area contributed by atoms with Crippen molar-refractivity contribution in [2.45, 2.75) is 12.8 Å². The van der Waals surface area contributed by atoms with Crippen LogP contribution in [0.2, 0.25) is 10.0 Å². The van der Waals surface area contributed by atoms with E-state index in [4.69, 9.17) is 23.2 Å². The van der Waals surface area contributed by atoms with Crippen molar-refractivity contribution in [1.29, 1.82) is 0 Å². The van der Waals surface area contributed by atoms with E-state index >= 15 is 0 Å². The maximum Gasteiger partial charge on any atom is 0.224 e. The second-order valence-corrected chi connectivity index (χ2v) is 4.20. The van der Waals surface area contributed by atoms with E-state index in [2.05, 4.69) is 10.6 Å². The Kier molecular flexibility index (Phi) is 5.60. The average molecular weight is 261 g/mol. The molecule has 0 heterocycles. The van der Waals surface area contributed by atoms with Crippen LogP contribution in [0.1, 0.15) is 12.8 Å². The Morgan fingerprint density at radius 1 is 1.31 bits per heavy atom. The van der Waals surface area contributed by atoms with Gasteiger partial charge in [0.25, 0.3) is 0 Å². The minimum atomic E-state index is -0.0198. The Hall–Kier alpha value is -0.770. The highest BCUT2D eigenvalue weighted by atomic mass is 35.5. The van der Waals surface area contributed by atoms with Gasteiger partial charge in [-0.1, -0.05) is 23.2 Å². The van der Waals surface area contributed by atoms with Crippen LogP contribution in [-0.2, 0) is 4.79 Å². The van der Waals surface area contributed by atoms with E-state index in [1.165, 1.54) is 0 Å². The predicted octanol–water partition coefficient (Wildman–Crippen LogP) is 2.93. The lowest BCUT2D eigenvalue weighted by Gasteiger charge is -2.06. The van der Waals surface area contributed by atoms with E-state index in [9.17, 15) is 4.79 Å². The number of carbonyl (C=O) groups excluding carboxylic acids is 1. The average Bonchev–Trinajstić information content (AvgIpc) is 2.24. The molecule has 0 aliphatic carbocycles. The molecule has 1 aromatic rings. The van der Waals surface area contributed by atoms with Gasteiger partial charge in [-0.2, -0.15) is 0 Å². The maximum atomic E-state index is 11.5. The second-order valence-electron chi connectivity index (χ2n) is 3.38. The number of anilines is 1. The monoisotopic (exact) mass is 260 g/mol. The zero-order chi connectivity index (χ0) is 12.0. The number of halogens is 2. The summed E-state index contributed by atoms with van der Waals surface area (Å²) in [6.45, 7) is 0.828. The summed E-state index contributed by atoms with van der Waals surface area (Å²) in [4.78, 5) is 11.5. The lowest BCUT2D eigenvalue weighted by atomic mass is 10.2. The van der Waals surface area contributed by atoms with E-state index in [1.807, 2.05) is 7.05 Å². The molecule has 0 aliphatic rings. The molecule has 3 nitrogen and oxygen atoms in total. The Balaban J connectivity index is 2.46. The third-order valence-corrected chi connectivity index (χ3v) is 2.77. The highest BCUT2D eigenvalue weighted by molar-refractivity contribution is 6.42. The maximum absolute atomic E-state index is 11.5. The summed E-state index contributed by atoms with van der Waals surface area (Å²) in [5, 5.41) is 6.66. The zero-order valence-electron chi connectivity index (χ0n) is 9.02. The van der Waals surface area contributed by atoms with Gasteiger partial charge in [-0.15, -0.1) is 0 Å². The lowest BCUT2D eigenvalue weighted by Crippen LogP contribution is -2.15. The first kappa shape index (κ1) is 13.3. The molecule has 2 N–H and O–H groups in total. The first-order valence-corrected chi connectivity index (χ1v) is 5.78. The summed E-state index contributed by atoms with van der Waals surface area (Å²) in [7, 11) is 1.86. The largest absolute Gasteiger partial charge is 0.326 e. The SMILES string of the molecule is CNCCCC(=O)Nc1ccc(Cl)c(Cl)c1. The molecule has 0 spiro atoms. The fourth-order valence-electron chi connectivity index (χ4n) is 1.22. The highest BCUT2D eigenvalue weighted by Crippen LogP contribution is 2.24. The van der Waals surface area contributed by atoms with Crippen molar-refractivity contribution < 1.29 is 4.79 Å². The molecule has 5 heteroatoms. The van der Waals surface area contributed by atoms with Gasteiger partial charge < -0.3 is 10.6 Å². The fourth-order valence-corrected chi connectivity index (χ4v) is 1.52. The quantitative estimate of drug-likeness (QED) is 0.800. The fraction of sp³-hybridized carbons (Fsp3) is 0.364. The van der Waals surface area contributed by atoms with E-state index < -0.39 is 0 Å². The molecule has 16 heavy (non-hydrogen) atoms. The molecule has 0 aliphatic heterocycles. The summed E-state index contributed by atoms with van der Waals surface area (Å²) in [5.74, 6) is -0.0198. The van der Waals surface area contributed by atoms with Gasteiger partial charge in [0.1, 0.15) is 0 Å². The number of benzene rings is 1. The summed E-state index contributed by atoms with van der Waals surface area (Å²) in [5.41, 5.74) is 0.670. The van der Waals surface area contributed by atoms with Crippen LogP contribution in [0.5, 0.6) is 0 Å². The van der Waals surface area contributed by atoms with Gasteiger partial charge in [-0.25, -0.2) is 0 Å². The van der Waals surface area contributed by atoms with Gasteiger partial charge in [0.15, 0.2) is 0 Å². The number of rotatable bonds is 5. The Bertz CT molecular complexity index is 369. The van der Waals surface area contributed by atoms with E-state index in [0.717, 1.165) is 13.0 Å². The topological polar surface area (TPSA) is 41.1 Å². The molecule has 1 rings (SSSR count). The second kappa shape index (κ2) is 6.74. The van der Waals surface area contributed by atoms with Crippen LogP contribution in [0.25, 0.3) is 0 Å². The molecule has 0 atom stereocenters. The van der Waals surface area contributed by atoms with E-state index in [-0.39, 0.29) is 5.91 Å². The summed E-state index contributed by atoms with van der Waals surface area (Å²) in [6, 6.07) is 5.02. The minimum absolute atomic E-state index is 0.0198. The zero-order valence-corrected chi connectivity index (χ0v) is 10.5. The Morgan fingerprint density at radius 3 is 2.69 bits per heavy atom. The Morgan fingerprint density at radius 2 is 2.06 bits per heavy atom. The Labute approximate surface area is 105 Å². The van der Waals surface area contributed by atoms with Gasteiger partial charge in [-0.05, 0) is 38.2 Å². The molecular formula is C11H14Cl2N2O. The molecule has 0 bridgehead atoms. The van der Waals surface area contributed by atoms with Gasteiger partial charge in [0, 0.05) is 12.1 Å². The number of hydrogen-bond acceptors (Lipinski definition) is 2. The number of hydrogen-bond donors (Lipinski definition) is 2. The molecule has 88 valence electrons. The summed E-state index contributed by atoms with van der Waals surface area (Å²) in [6.07, 6.45) is 1.30. The number of carbonyl (C=O) groups is 1. The molecule has 0 aromatic heterocycles. The predicted molar refractivity (Wildman–Crippen MR) is 68.3 cm³/mol. The third-order valence-electron chi connectivity index (χ3n) is 2.03. The normalized spacial score (nSPS) is 10.2. The molecule has 0 radical (unpaired) electrons. The van der Waals surface area contributed by atoms with Crippen LogP contribution in [0.15, 0.2) is 18.2 Å². The standard InChI is InChI=1S/C11H14Cl2N2O/c1-14-6-2-3-11(16)15-8-4-5-9(12)10(13)7-8/h4-5,7,14H,2-3,6H2,1H3,(H,15,16). The van der Waals surface area contributed by atoms with Crippen LogP contribution in [0.4, 0.5) is 5.69 Å². The molecule has 1 amide bonds. The smallest absolute Gasteiger partial charge is 0.224 e. The summed E-state index contributed by atoms with van der Waals surface area (Å²) >= 11 is 11.6. The van der Waals surface area contributed by atoms with E-state index in [1.54, 1.807) is 18.2 Å². The molecule has 1 aromatic carbocycles. The van der Waals surface area contributed by atoms with Crippen LogP contribution in [-0.4, -0.2) is 19.5 Å². The van der Waals surface area contributed by atoms with Crippen molar-refractivity contribution in [3.05, 3.63) is 28.2 Å². The van der Waals surface area contributed by atoms with E-state index in [0.29, 0.717) is 22.2 Å². The number of nitrogens with one attached hydrogen (secondary N) is 2. The van der Waals surface area contributed by atoms with Crippen molar-refractivity contribution in [2.75, 3.05) is 18.9 Å². The van der Waals surface area contributed by atoms with Crippen molar-refractivity contribution in [2.24, 2.45) is 0 Å². The lowest BCUT2D eigenvalue weighted by molar-refractivity contribution is -0.116. The van der Waals surface area contributed by atoms with Crippen LogP contribution in [0, 0.1) is 0 Å². The van der Waals surface area contributed by atoms with Crippen LogP contribution < -0.4 is 10.6 Å². The highest BCUT2D eigenvalue weighted by Gasteiger charge is 2.03. The van der Waals surface area contributed by atoms with Crippen LogP contribution in [0.3, 0.4) is 0 Å². The molecule has 0 unspecified atom stereocenters. The third kappa shape index (κ3) is 4.39.